The first-order valence-corrected chi connectivity index (χ1v) is 8.43. The summed E-state index contributed by atoms with van der Waals surface area (Å²) in [6.45, 7) is 0.547. The third-order valence-electron chi connectivity index (χ3n) is 5.10. The Morgan fingerprint density at radius 2 is 1.88 bits per heavy atom. The second kappa shape index (κ2) is 6.10. The van der Waals surface area contributed by atoms with Crippen molar-refractivity contribution in [2.24, 2.45) is 0 Å². The maximum absolute atomic E-state index is 13.0. The molecule has 2 aromatic carbocycles. The van der Waals surface area contributed by atoms with Crippen LogP contribution in [0, 0.1) is 10.1 Å². The molecule has 0 N–H and O–H groups in total. The highest BCUT2D eigenvalue weighted by Gasteiger charge is 2.64. The lowest BCUT2D eigenvalue weighted by Crippen LogP contribution is -2.68. The summed E-state index contributed by atoms with van der Waals surface area (Å²) in [6.07, 6.45) is 1.48. The standard InChI is InChI=1S/C19H18N2O5/c1-25-16-9-7-14(8-10-16)20-17(19(18(20)22)11-2-12-26-19)13-3-5-15(6-4-13)21(23)24/h3-10,17H,2,11-12H2,1H3/t17-,19-/m0/s1. The minimum atomic E-state index is -0.865. The largest absolute Gasteiger partial charge is 0.497 e. The first-order chi connectivity index (χ1) is 12.6. The summed E-state index contributed by atoms with van der Waals surface area (Å²) in [7, 11) is 1.59. The molecular formula is C19H18N2O5. The van der Waals surface area contributed by atoms with Crippen molar-refractivity contribution < 1.29 is 19.2 Å². The summed E-state index contributed by atoms with van der Waals surface area (Å²) in [6, 6.07) is 13.3. The third-order valence-corrected chi connectivity index (χ3v) is 5.10. The van der Waals surface area contributed by atoms with E-state index in [1.54, 1.807) is 36.3 Å². The number of rotatable bonds is 4. The number of anilines is 1. The summed E-state index contributed by atoms with van der Waals surface area (Å²) in [5.74, 6) is 0.643. The number of β-lactam (4-membered cyclic amide) rings is 1. The Bertz CT molecular complexity index is 841. The van der Waals surface area contributed by atoms with Crippen molar-refractivity contribution in [1.29, 1.82) is 0 Å². The molecule has 2 aromatic rings. The van der Waals surface area contributed by atoms with Crippen LogP contribution in [0.1, 0.15) is 24.4 Å². The van der Waals surface area contributed by atoms with Crippen LogP contribution >= 0.6 is 0 Å². The summed E-state index contributed by atoms with van der Waals surface area (Å²) >= 11 is 0. The van der Waals surface area contributed by atoms with Gasteiger partial charge in [0.05, 0.1) is 12.0 Å². The number of nitro groups is 1. The zero-order valence-electron chi connectivity index (χ0n) is 14.3. The maximum atomic E-state index is 13.0. The number of hydrogen-bond acceptors (Lipinski definition) is 5. The van der Waals surface area contributed by atoms with Gasteiger partial charge in [0, 0.05) is 24.4 Å². The lowest BCUT2D eigenvalue weighted by Gasteiger charge is -2.53. The van der Waals surface area contributed by atoms with Crippen molar-refractivity contribution in [2.45, 2.75) is 24.5 Å². The van der Waals surface area contributed by atoms with E-state index in [1.807, 2.05) is 12.1 Å². The first kappa shape index (κ1) is 16.5. The van der Waals surface area contributed by atoms with Gasteiger partial charge in [-0.2, -0.15) is 0 Å². The summed E-state index contributed by atoms with van der Waals surface area (Å²) in [5, 5.41) is 10.9. The van der Waals surface area contributed by atoms with Gasteiger partial charge in [-0.1, -0.05) is 0 Å². The third kappa shape index (κ3) is 2.35. The monoisotopic (exact) mass is 354 g/mol. The summed E-state index contributed by atoms with van der Waals surface area (Å²) in [4.78, 5) is 25.1. The highest BCUT2D eigenvalue weighted by Crippen LogP contribution is 2.53. The highest BCUT2D eigenvalue weighted by molar-refractivity contribution is 6.08. The Morgan fingerprint density at radius 1 is 1.19 bits per heavy atom. The zero-order valence-corrected chi connectivity index (χ0v) is 14.3. The fourth-order valence-electron chi connectivity index (χ4n) is 3.83. The lowest BCUT2D eigenvalue weighted by molar-refractivity contribution is -0.384. The van der Waals surface area contributed by atoms with Gasteiger partial charge in [0.2, 0.25) is 0 Å². The van der Waals surface area contributed by atoms with Crippen LogP contribution in [0.2, 0.25) is 0 Å². The van der Waals surface area contributed by atoms with E-state index < -0.39 is 10.5 Å². The van der Waals surface area contributed by atoms with Crippen LogP contribution in [0.25, 0.3) is 0 Å². The number of methoxy groups -OCH3 is 1. The van der Waals surface area contributed by atoms with Crippen LogP contribution < -0.4 is 9.64 Å². The Labute approximate surface area is 150 Å². The molecule has 1 amide bonds. The molecule has 7 heteroatoms. The van der Waals surface area contributed by atoms with Crippen LogP contribution in [0.5, 0.6) is 5.75 Å². The highest BCUT2D eigenvalue weighted by atomic mass is 16.6. The Hall–Kier alpha value is -2.93. The number of non-ortho nitro benzene ring substituents is 1. The summed E-state index contributed by atoms with van der Waals surface area (Å²) < 4.78 is 11.1. The number of ether oxygens (including phenoxy) is 2. The number of nitrogens with zero attached hydrogens (tertiary/aromatic N) is 2. The lowest BCUT2D eigenvalue weighted by atomic mass is 9.75. The normalized spacial score (nSPS) is 24.6. The molecule has 0 aromatic heterocycles. The molecule has 2 atom stereocenters. The van der Waals surface area contributed by atoms with Gasteiger partial charge in [0.25, 0.3) is 11.6 Å². The molecule has 7 nitrogen and oxygen atoms in total. The molecule has 26 heavy (non-hydrogen) atoms. The SMILES string of the molecule is COc1ccc(N2C(=O)[C@]3(CCCO3)[C@@H]2c2ccc([N+](=O)[O-])cc2)cc1. The minimum Gasteiger partial charge on any atom is -0.497 e. The predicted molar refractivity (Wildman–Crippen MR) is 94.2 cm³/mol. The van der Waals surface area contributed by atoms with E-state index in [0.717, 1.165) is 17.7 Å². The molecule has 0 bridgehead atoms. The van der Waals surface area contributed by atoms with Gasteiger partial charge in [0.15, 0.2) is 5.60 Å². The van der Waals surface area contributed by atoms with E-state index >= 15 is 0 Å². The Balaban J connectivity index is 1.72. The van der Waals surface area contributed by atoms with Crippen LogP contribution in [-0.2, 0) is 9.53 Å². The van der Waals surface area contributed by atoms with Crippen molar-refractivity contribution in [3.05, 3.63) is 64.2 Å². The molecule has 2 fully saturated rings. The average molecular weight is 354 g/mol. The van der Waals surface area contributed by atoms with Crippen LogP contribution in [0.4, 0.5) is 11.4 Å². The smallest absolute Gasteiger partial charge is 0.269 e. The Kier molecular flexibility index (Phi) is 3.88. The van der Waals surface area contributed by atoms with Gasteiger partial charge in [-0.05, 0) is 54.8 Å². The quantitative estimate of drug-likeness (QED) is 0.478. The molecule has 134 valence electrons. The van der Waals surface area contributed by atoms with E-state index in [-0.39, 0.29) is 17.6 Å². The van der Waals surface area contributed by atoms with Gasteiger partial charge >= 0.3 is 0 Å². The number of carbonyl (C=O) groups excluding carboxylic acids is 1. The topological polar surface area (TPSA) is 81.9 Å². The van der Waals surface area contributed by atoms with E-state index in [4.69, 9.17) is 9.47 Å². The summed E-state index contributed by atoms with van der Waals surface area (Å²) in [5.41, 5.74) is 0.737. The predicted octanol–water partition coefficient (Wildman–Crippen LogP) is 3.24. The van der Waals surface area contributed by atoms with Crippen LogP contribution in [0.15, 0.2) is 48.5 Å². The Morgan fingerprint density at radius 3 is 2.42 bits per heavy atom. The second-order valence-electron chi connectivity index (χ2n) is 6.47. The van der Waals surface area contributed by atoms with Crippen molar-refractivity contribution >= 4 is 17.3 Å². The first-order valence-electron chi connectivity index (χ1n) is 8.43. The maximum Gasteiger partial charge on any atom is 0.269 e. The van der Waals surface area contributed by atoms with E-state index in [1.165, 1.54) is 12.1 Å². The molecule has 2 aliphatic heterocycles. The second-order valence-corrected chi connectivity index (χ2v) is 6.47. The molecule has 2 aliphatic rings. The van der Waals surface area contributed by atoms with Crippen LogP contribution in [-0.4, -0.2) is 30.1 Å². The number of hydrogen-bond donors (Lipinski definition) is 0. The van der Waals surface area contributed by atoms with Crippen molar-refractivity contribution in [1.82, 2.24) is 0 Å². The van der Waals surface area contributed by atoms with Crippen molar-refractivity contribution in [3.63, 3.8) is 0 Å². The van der Waals surface area contributed by atoms with E-state index in [9.17, 15) is 14.9 Å². The molecular weight excluding hydrogens is 336 g/mol. The molecule has 0 aliphatic carbocycles. The average Bonchev–Trinajstić information content (AvgIpc) is 3.18. The fraction of sp³-hybridized carbons (Fsp3) is 0.316. The number of carbonyl (C=O) groups is 1. The van der Waals surface area contributed by atoms with Crippen molar-refractivity contribution in [2.75, 3.05) is 18.6 Å². The van der Waals surface area contributed by atoms with Crippen molar-refractivity contribution in [3.8, 4) is 5.75 Å². The zero-order chi connectivity index (χ0) is 18.3. The molecule has 4 rings (SSSR count). The number of nitro benzene ring substituents is 1. The van der Waals surface area contributed by atoms with Gasteiger partial charge in [-0.25, -0.2) is 0 Å². The van der Waals surface area contributed by atoms with E-state index in [2.05, 4.69) is 0 Å². The minimum absolute atomic E-state index is 0.0248. The van der Waals surface area contributed by atoms with Gasteiger partial charge < -0.3 is 9.47 Å². The molecule has 0 radical (unpaired) electrons. The van der Waals surface area contributed by atoms with Gasteiger partial charge in [-0.3, -0.25) is 19.8 Å². The van der Waals surface area contributed by atoms with Gasteiger partial charge in [-0.15, -0.1) is 0 Å². The van der Waals surface area contributed by atoms with Gasteiger partial charge in [0.1, 0.15) is 11.8 Å². The number of amides is 1. The molecule has 1 spiro atoms. The molecule has 2 saturated heterocycles. The molecule has 0 unspecified atom stereocenters. The molecule has 0 saturated carbocycles. The fourth-order valence-corrected chi connectivity index (χ4v) is 3.83. The van der Waals surface area contributed by atoms with Crippen LogP contribution in [0.3, 0.4) is 0 Å². The number of benzene rings is 2. The van der Waals surface area contributed by atoms with E-state index in [0.29, 0.717) is 18.8 Å². The molecule has 2 heterocycles.